The summed E-state index contributed by atoms with van der Waals surface area (Å²) in [5.41, 5.74) is 0.918. The molecule has 0 aliphatic rings. The molecule has 0 unspecified atom stereocenters. The van der Waals surface area contributed by atoms with Crippen molar-refractivity contribution in [3.05, 3.63) is 29.3 Å². The minimum atomic E-state index is -0.558. The Morgan fingerprint density at radius 2 is 2.05 bits per heavy atom. The Morgan fingerprint density at radius 3 is 2.73 bits per heavy atom. The number of rotatable bonds is 6. The number of likely N-dealkylation sites (N-methyl/N-ethyl adjacent to an activating group) is 1. The van der Waals surface area contributed by atoms with Gasteiger partial charge >= 0.3 is 5.97 Å². The molecular formula is C15H18N2O4S. The zero-order valence-corrected chi connectivity index (χ0v) is 13.6. The van der Waals surface area contributed by atoms with E-state index in [9.17, 15) is 9.59 Å². The van der Waals surface area contributed by atoms with Crippen LogP contribution < -0.4 is 0 Å². The summed E-state index contributed by atoms with van der Waals surface area (Å²) in [5.74, 6) is -0.840. The number of nitrogens with zero attached hydrogens (tertiary/aromatic N) is 2. The number of esters is 1. The lowest BCUT2D eigenvalue weighted by molar-refractivity contribution is -0.155. The van der Waals surface area contributed by atoms with Gasteiger partial charge in [-0.05, 0) is 19.1 Å². The fraction of sp³-hybridized carbons (Fsp3) is 0.400. The molecule has 0 saturated carbocycles. The molecule has 6 nitrogen and oxygen atoms in total. The molecule has 0 radical (unpaired) electrons. The van der Waals surface area contributed by atoms with E-state index in [-0.39, 0.29) is 25.2 Å². The number of thiazole rings is 1. The van der Waals surface area contributed by atoms with Crippen LogP contribution in [0.15, 0.2) is 24.3 Å². The summed E-state index contributed by atoms with van der Waals surface area (Å²) in [7, 11) is 3.06. The Hall–Kier alpha value is -1.99. The molecule has 118 valence electrons. The number of hydrogen-bond donors (Lipinski definition) is 0. The van der Waals surface area contributed by atoms with Gasteiger partial charge in [-0.15, -0.1) is 11.3 Å². The first kappa shape index (κ1) is 16.4. The van der Waals surface area contributed by atoms with Crippen LogP contribution in [0.1, 0.15) is 18.0 Å². The van der Waals surface area contributed by atoms with Crippen LogP contribution in [0.25, 0.3) is 10.2 Å². The Bertz CT molecular complexity index is 637. The van der Waals surface area contributed by atoms with E-state index in [0.29, 0.717) is 0 Å². The van der Waals surface area contributed by atoms with E-state index in [1.165, 1.54) is 12.0 Å². The summed E-state index contributed by atoms with van der Waals surface area (Å²) in [5, 5.41) is 0.847. The smallest absolute Gasteiger partial charge is 0.332 e. The van der Waals surface area contributed by atoms with Crippen LogP contribution in [0, 0.1) is 0 Å². The van der Waals surface area contributed by atoms with Gasteiger partial charge in [-0.1, -0.05) is 12.1 Å². The predicted octanol–water partition coefficient (Wildman–Crippen LogP) is 2.01. The van der Waals surface area contributed by atoms with Crippen molar-refractivity contribution in [1.29, 1.82) is 0 Å². The molecule has 1 heterocycles. The molecule has 7 heteroatoms. The van der Waals surface area contributed by atoms with Crippen molar-refractivity contribution in [2.45, 2.75) is 13.0 Å². The van der Waals surface area contributed by atoms with Crippen molar-refractivity contribution in [2.24, 2.45) is 0 Å². The Balaban J connectivity index is 2.00. The first-order chi connectivity index (χ1) is 10.5. The van der Waals surface area contributed by atoms with Gasteiger partial charge in [0.25, 0.3) is 5.91 Å². The van der Waals surface area contributed by atoms with Gasteiger partial charge in [0.1, 0.15) is 11.6 Å². The van der Waals surface area contributed by atoms with E-state index in [1.54, 1.807) is 18.4 Å². The molecule has 22 heavy (non-hydrogen) atoms. The first-order valence-corrected chi connectivity index (χ1v) is 7.60. The third-order valence-electron chi connectivity index (χ3n) is 3.26. The van der Waals surface area contributed by atoms with Crippen LogP contribution >= 0.6 is 11.3 Å². The van der Waals surface area contributed by atoms with Gasteiger partial charge in [0, 0.05) is 14.2 Å². The number of carbonyl (C=O) groups is 2. The molecule has 1 aromatic heterocycles. The standard InChI is InChI=1S/C15H18N2O4S/c1-10(15-16-11-6-4-5-7-12(11)22-15)17(2)13(18)8-21-14(19)9-20-3/h4-7,10H,8-9H2,1-3H3/t10-/m0/s1. The van der Waals surface area contributed by atoms with Crippen molar-refractivity contribution >= 4 is 33.4 Å². The van der Waals surface area contributed by atoms with Crippen molar-refractivity contribution in [1.82, 2.24) is 9.88 Å². The monoisotopic (exact) mass is 322 g/mol. The van der Waals surface area contributed by atoms with Gasteiger partial charge in [-0.25, -0.2) is 9.78 Å². The molecule has 0 aliphatic carbocycles. The normalized spacial score (nSPS) is 12.1. The van der Waals surface area contributed by atoms with Crippen molar-refractivity contribution < 1.29 is 19.1 Å². The number of fused-ring (bicyclic) bond motifs is 1. The quantitative estimate of drug-likeness (QED) is 0.761. The SMILES string of the molecule is COCC(=O)OCC(=O)N(C)[C@@H](C)c1nc2ccccc2s1. The van der Waals surface area contributed by atoms with Gasteiger partial charge in [0.05, 0.1) is 16.3 Å². The van der Waals surface area contributed by atoms with Crippen molar-refractivity contribution in [3.8, 4) is 0 Å². The Morgan fingerprint density at radius 1 is 1.32 bits per heavy atom. The first-order valence-electron chi connectivity index (χ1n) is 6.78. The predicted molar refractivity (Wildman–Crippen MR) is 83.6 cm³/mol. The fourth-order valence-corrected chi connectivity index (χ4v) is 2.92. The summed E-state index contributed by atoms with van der Waals surface area (Å²) in [6.45, 7) is 1.44. The number of methoxy groups -OCH3 is 1. The molecule has 2 rings (SSSR count). The third-order valence-corrected chi connectivity index (χ3v) is 4.47. The second-order valence-electron chi connectivity index (χ2n) is 4.79. The number of benzene rings is 1. The molecule has 1 aromatic carbocycles. The van der Waals surface area contributed by atoms with E-state index >= 15 is 0 Å². The number of para-hydroxylation sites is 1. The van der Waals surface area contributed by atoms with E-state index in [4.69, 9.17) is 4.74 Å². The lowest BCUT2D eigenvalue weighted by Gasteiger charge is -2.23. The molecule has 0 saturated heterocycles. The topological polar surface area (TPSA) is 68.7 Å². The van der Waals surface area contributed by atoms with Gasteiger partial charge < -0.3 is 14.4 Å². The number of hydrogen-bond acceptors (Lipinski definition) is 6. The molecule has 0 fully saturated rings. The Labute approximate surface area is 132 Å². The van der Waals surface area contributed by atoms with Crippen molar-refractivity contribution in [2.75, 3.05) is 27.4 Å². The van der Waals surface area contributed by atoms with Crippen LogP contribution in [0.5, 0.6) is 0 Å². The van der Waals surface area contributed by atoms with Gasteiger partial charge in [-0.3, -0.25) is 4.79 Å². The van der Waals surface area contributed by atoms with Crippen LogP contribution in [0.2, 0.25) is 0 Å². The summed E-state index contributed by atoms with van der Waals surface area (Å²) in [4.78, 5) is 29.3. The zero-order valence-electron chi connectivity index (χ0n) is 12.7. The minimum Gasteiger partial charge on any atom is -0.454 e. The summed E-state index contributed by atoms with van der Waals surface area (Å²) in [6, 6.07) is 7.64. The summed E-state index contributed by atoms with van der Waals surface area (Å²) in [6.07, 6.45) is 0. The maximum atomic E-state index is 12.1. The molecular weight excluding hydrogens is 304 g/mol. The molecule has 0 N–H and O–H groups in total. The van der Waals surface area contributed by atoms with E-state index < -0.39 is 5.97 Å². The second kappa shape index (κ2) is 7.33. The maximum Gasteiger partial charge on any atom is 0.332 e. The molecule has 0 bridgehead atoms. The van der Waals surface area contributed by atoms with E-state index in [0.717, 1.165) is 15.2 Å². The maximum absolute atomic E-state index is 12.1. The highest BCUT2D eigenvalue weighted by atomic mass is 32.1. The molecule has 0 aliphatic heterocycles. The lowest BCUT2D eigenvalue weighted by atomic mass is 10.3. The van der Waals surface area contributed by atoms with E-state index in [1.807, 2.05) is 31.2 Å². The van der Waals surface area contributed by atoms with Gasteiger partial charge in [0.15, 0.2) is 6.61 Å². The van der Waals surface area contributed by atoms with Crippen LogP contribution in [-0.2, 0) is 19.1 Å². The lowest BCUT2D eigenvalue weighted by Crippen LogP contribution is -2.33. The summed E-state index contributed by atoms with van der Waals surface area (Å²) >= 11 is 1.55. The van der Waals surface area contributed by atoms with Crippen LogP contribution in [0.3, 0.4) is 0 Å². The average molecular weight is 322 g/mol. The summed E-state index contributed by atoms with van der Waals surface area (Å²) < 4.78 is 10.6. The van der Waals surface area contributed by atoms with Crippen LogP contribution in [-0.4, -0.2) is 49.1 Å². The largest absolute Gasteiger partial charge is 0.454 e. The number of ether oxygens (including phenoxy) is 2. The van der Waals surface area contributed by atoms with Gasteiger partial charge in [-0.2, -0.15) is 0 Å². The van der Waals surface area contributed by atoms with E-state index in [2.05, 4.69) is 9.72 Å². The highest BCUT2D eigenvalue weighted by Gasteiger charge is 2.21. The average Bonchev–Trinajstić information content (AvgIpc) is 2.95. The van der Waals surface area contributed by atoms with Gasteiger partial charge in [0.2, 0.25) is 0 Å². The van der Waals surface area contributed by atoms with Crippen molar-refractivity contribution in [3.63, 3.8) is 0 Å². The second-order valence-corrected chi connectivity index (χ2v) is 5.86. The molecule has 0 spiro atoms. The Kier molecular flexibility index (Phi) is 5.46. The fourth-order valence-electron chi connectivity index (χ4n) is 1.85. The van der Waals surface area contributed by atoms with Crippen LogP contribution in [0.4, 0.5) is 0 Å². The molecule has 1 amide bonds. The minimum absolute atomic E-state index is 0.162. The molecule has 2 aromatic rings. The number of amides is 1. The highest BCUT2D eigenvalue weighted by Crippen LogP contribution is 2.28. The highest BCUT2D eigenvalue weighted by molar-refractivity contribution is 7.18. The third kappa shape index (κ3) is 3.80. The number of aromatic nitrogens is 1. The molecule has 1 atom stereocenters. The zero-order chi connectivity index (χ0) is 16.1. The number of carbonyl (C=O) groups excluding carboxylic acids is 2.